The van der Waals surface area contributed by atoms with Crippen LogP contribution in [0.4, 0.5) is 18.9 Å². The number of anilines is 1. The maximum absolute atomic E-state index is 13.1. The van der Waals surface area contributed by atoms with Crippen LogP contribution in [-0.4, -0.2) is 36.6 Å². The summed E-state index contributed by atoms with van der Waals surface area (Å²) in [6, 6.07) is 10.1. The summed E-state index contributed by atoms with van der Waals surface area (Å²) in [5.74, 6) is 0.311. The first-order chi connectivity index (χ1) is 14.3. The zero-order valence-electron chi connectivity index (χ0n) is 16.3. The lowest BCUT2D eigenvalue weighted by atomic mass is 10.1. The van der Waals surface area contributed by atoms with Gasteiger partial charge in [0.25, 0.3) is 0 Å². The van der Waals surface area contributed by atoms with E-state index in [1.807, 2.05) is 6.07 Å². The van der Waals surface area contributed by atoms with Gasteiger partial charge in [-0.25, -0.2) is 0 Å². The molecule has 9 heteroatoms. The summed E-state index contributed by atoms with van der Waals surface area (Å²) >= 11 is 0. The van der Waals surface area contributed by atoms with E-state index >= 15 is 0 Å². The van der Waals surface area contributed by atoms with E-state index in [0.29, 0.717) is 17.9 Å². The summed E-state index contributed by atoms with van der Waals surface area (Å²) in [6.45, 7) is 1.79. The van der Waals surface area contributed by atoms with Crippen molar-refractivity contribution in [1.82, 2.24) is 4.90 Å². The monoisotopic (exact) mass is 422 g/mol. The van der Waals surface area contributed by atoms with Gasteiger partial charge in [-0.3, -0.25) is 9.59 Å². The first kappa shape index (κ1) is 21.5. The van der Waals surface area contributed by atoms with E-state index in [1.165, 1.54) is 23.1 Å². The average molecular weight is 422 g/mol. The summed E-state index contributed by atoms with van der Waals surface area (Å²) in [5, 5.41) is 2.26. The number of carbonyl (C=O) groups excluding carboxylic acids is 2. The molecule has 0 fully saturated rings. The predicted molar refractivity (Wildman–Crippen MR) is 103 cm³/mol. The van der Waals surface area contributed by atoms with E-state index < -0.39 is 17.6 Å². The first-order valence-electron chi connectivity index (χ1n) is 9.40. The fourth-order valence-corrected chi connectivity index (χ4v) is 3.08. The first-order valence-corrected chi connectivity index (χ1v) is 9.40. The second kappa shape index (κ2) is 9.06. The van der Waals surface area contributed by atoms with E-state index in [-0.39, 0.29) is 37.9 Å². The van der Waals surface area contributed by atoms with Crippen molar-refractivity contribution < 1.29 is 32.2 Å². The van der Waals surface area contributed by atoms with Gasteiger partial charge in [0.15, 0.2) is 11.5 Å². The molecule has 0 aromatic heterocycles. The number of para-hydroxylation sites is 1. The minimum absolute atomic E-state index is 0.153. The number of hydrogen-bond acceptors (Lipinski definition) is 4. The molecule has 0 spiro atoms. The number of halogens is 3. The SMILES string of the molecule is CCN(CC(=O)Nc1ccccc1C(F)(F)F)C(=O)CCc1ccc2c(c1)OCO2. The highest BCUT2D eigenvalue weighted by Crippen LogP contribution is 2.34. The number of alkyl halides is 3. The van der Waals surface area contributed by atoms with E-state index in [2.05, 4.69) is 5.32 Å². The van der Waals surface area contributed by atoms with Gasteiger partial charge in [-0.15, -0.1) is 0 Å². The molecule has 0 aliphatic carbocycles. The van der Waals surface area contributed by atoms with Crippen molar-refractivity contribution in [3.63, 3.8) is 0 Å². The number of benzene rings is 2. The molecule has 0 saturated carbocycles. The average Bonchev–Trinajstić information content (AvgIpc) is 3.17. The van der Waals surface area contributed by atoms with Gasteiger partial charge in [0.05, 0.1) is 17.8 Å². The fourth-order valence-electron chi connectivity index (χ4n) is 3.08. The molecular formula is C21H21F3N2O4. The maximum Gasteiger partial charge on any atom is 0.418 e. The van der Waals surface area contributed by atoms with Crippen molar-refractivity contribution in [2.75, 3.05) is 25.2 Å². The molecule has 2 aromatic rings. The third-order valence-electron chi connectivity index (χ3n) is 4.64. The molecule has 30 heavy (non-hydrogen) atoms. The number of nitrogens with zero attached hydrogens (tertiary/aromatic N) is 1. The lowest BCUT2D eigenvalue weighted by Crippen LogP contribution is -2.38. The molecule has 0 radical (unpaired) electrons. The number of aryl methyl sites for hydroxylation is 1. The Morgan fingerprint density at radius 1 is 1.10 bits per heavy atom. The highest BCUT2D eigenvalue weighted by atomic mass is 19.4. The summed E-state index contributed by atoms with van der Waals surface area (Å²) in [7, 11) is 0. The summed E-state index contributed by atoms with van der Waals surface area (Å²) in [5.41, 5.74) is -0.387. The third-order valence-corrected chi connectivity index (χ3v) is 4.64. The molecule has 6 nitrogen and oxygen atoms in total. The van der Waals surface area contributed by atoms with E-state index in [9.17, 15) is 22.8 Å². The molecule has 2 amide bonds. The number of ether oxygens (including phenoxy) is 2. The van der Waals surface area contributed by atoms with Crippen LogP contribution in [0.1, 0.15) is 24.5 Å². The van der Waals surface area contributed by atoms with Crippen LogP contribution in [0, 0.1) is 0 Å². The number of rotatable bonds is 7. The van der Waals surface area contributed by atoms with Crippen LogP contribution < -0.4 is 14.8 Å². The van der Waals surface area contributed by atoms with Crippen molar-refractivity contribution in [1.29, 1.82) is 0 Å². The predicted octanol–water partition coefficient (Wildman–Crippen LogP) is 3.85. The van der Waals surface area contributed by atoms with Crippen molar-refractivity contribution in [3.05, 3.63) is 53.6 Å². The van der Waals surface area contributed by atoms with Gasteiger partial charge in [-0.1, -0.05) is 18.2 Å². The Balaban J connectivity index is 1.57. The van der Waals surface area contributed by atoms with Gasteiger partial charge in [0, 0.05) is 13.0 Å². The van der Waals surface area contributed by atoms with Gasteiger partial charge in [-0.2, -0.15) is 13.2 Å². The summed E-state index contributed by atoms with van der Waals surface area (Å²) in [6.07, 6.45) is -4.00. The molecule has 0 atom stereocenters. The molecule has 160 valence electrons. The topological polar surface area (TPSA) is 67.9 Å². The number of hydrogen-bond donors (Lipinski definition) is 1. The molecule has 1 aliphatic heterocycles. The molecule has 0 saturated heterocycles. The van der Waals surface area contributed by atoms with Crippen molar-refractivity contribution >= 4 is 17.5 Å². The van der Waals surface area contributed by atoms with E-state index in [0.717, 1.165) is 11.6 Å². The maximum atomic E-state index is 13.1. The highest BCUT2D eigenvalue weighted by Gasteiger charge is 2.33. The molecule has 1 heterocycles. The highest BCUT2D eigenvalue weighted by molar-refractivity contribution is 5.95. The van der Waals surface area contributed by atoms with Crippen LogP contribution in [0.25, 0.3) is 0 Å². The van der Waals surface area contributed by atoms with Gasteiger partial charge in [0.1, 0.15) is 0 Å². The lowest BCUT2D eigenvalue weighted by Gasteiger charge is -2.21. The van der Waals surface area contributed by atoms with Crippen LogP contribution in [0.5, 0.6) is 11.5 Å². The molecule has 3 rings (SSSR count). The van der Waals surface area contributed by atoms with Crippen LogP contribution in [0.15, 0.2) is 42.5 Å². The molecule has 1 aliphatic rings. The Hall–Kier alpha value is -3.23. The zero-order valence-corrected chi connectivity index (χ0v) is 16.3. The quantitative estimate of drug-likeness (QED) is 0.736. The van der Waals surface area contributed by atoms with Crippen LogP contribution in [0.2, 0.25) is 0 Å². The standard InChI is InChI=1S/C21H21F3N2O4/c1-2-26(12-19(27)25-16-6-4-3-5-15(16)21(22,23)24)20(28)10-8-14-7-9-17-18(11-14)30-13-29-17/h3-7,9,11H,2,8,10,12-13H2,1H3,(H,25,27). The van der Waals surface area contributed by atoms with Crippen LogP contribution >= 0.6 is 0 Å². The van der Waals surface area contributed by atoms with Gasteiger partial charge in [0.2, 0.25) is 18.6 Å². The number of fused-ring (bicyclic) bond motifs is 1. The molecule has 0 unspecified atom stereocenters. The Kier molecular flexibility index (Phi) is 6.49. The second-order valence-corrected chi connectivity index (χ2v) is 6.69. The Labute approximate surface area is 171 Å². The summed E-state index contributed by atoms with van der Waals surface area (Å²) < 4.78 is 49.8. The van der Waals surface area contributed by atoms with Crippen molar-refractivity contribution in [2.45, 2.75) is 25.9 Å². The zero-order chi connectivity index (χ0) is 21.7. The normalized spacial score (nSPS) is 12.5. The van der Waals surface area contributed by atoms with Gasteiger partial charge < -0.3 is 19.7 Å². The summed E-state index contributed by atoms with van der Waals surface area (Å²) in [4.78, 5) is 26.1. The van der Waals surface area contributed by atoms with Gasteiger partial charge >= 0.3 is 6.18 Å². The minimum Gasteiger partial charge on any atom is -0.454 e. The van der Waals surface area contributed by atoms with Crippen LogP contribution in [0.3, 0.4) is 0 Å². The largest absolute Gasteiger partial charge is 0.454 e. The fraction of sp³-hybridized carbons (Fsp3) is 0.333. The molecule has 2 aromatic carbocycles. The molecule has 1 N–H and O–H groups in total. The number of amides is 2. The van der Waals surface area contributed by atoms with Gasteiger partial charge in [-0.05, 0) is 43.2 Å². The molecule has 0 bridgehead atoms. The smallest absolute Gasteiger partial charge is 0.418 e. The van der Waals surface area contributed by atoms with E-state index in [1.54, 1.807) is 19.1 Å². The Morgan fingerprint density at radius 2 is 1.83 bits per heavy atom. The van der Waals surface area contributed by atoms with Crippen molar-refractivity contribution in [3.8, 4) is 11.5 Å². The Morgan fingerprint density at radius 3 is 2.57 bits per heavy atom. The second-order valence-electron chi connectivity index (χ2n) is 6.69. The minimum atomic E-state index is -4.59. The van der Waals surface area contributed by atoms with Crippen LogP contribution in [-0.2, 0) is 22.2 Å². The number of nitrogens with one attached hydrogen (secondary N) is 1. The Bertz CT molecular complexity index is 931. The molecular weight excluding hydrogens is 401 g/mol. The number of likely N-dealkylation sites (N-methyl/N-ethyl adjacent to an activating group) is 1. The number of carbonyl (C=O) groups is 2. The lowest BCUT2D eigenvalue weighted by molar-refractivity contribution is -0.137. The third kappa shape index (κ3) is 5.22. The van der Waals surface area contributed by atoms with Crippen molar-refractivity contribution in [2.24, 2.45) is 0 Å². The van der Waals surface area contributed by atoms with E-state index in [4.69, 9.17) is 9.47 Å².